The van der Waals surface area contributed by atoms with E-state index in [1.54, 1.807) is 55.6 Å². The number of hydrogen-bond acceptors (Lipinski definition) is 6. The van der Waals surface area contributed by atoms with E-state index in [-0.39, 0.29) is 18.7 Å². The molecule has 2 aliphatic rings. The quantitative estimate of drug-likeness (QED) is 0.449. The predicted molar refractivity (Wildman–Crippen MR) is 113 cm³/mol. The normalized spacial score (nSPS) is 21.8. The number of carbonyl (C=O) groups excluding carboxylic acids is 3. The Hall–Kier alpha value is -3.65. The van der Waals surface area contributed by atoms with E-state index in [1.807, 2.05) is 0 Å². The Kier molecular flexibility index (Phi) is 5.02. The van der Waals surface area contributed by atoms with Gasteiger partial charge in [0.15, 0.2) is 5.54 Å². The molecule has 0 radical (unpaired) electrons. The summed E-state index contributed by atoms with van der Waals surface area (Å²) in [4.78, 5) is 42.5. The smallest absolute Gasteiger partial charge is 0.296 e. The van der Waals surface area contributed by atoms with Gasteiger partial charge in [0.2, 0.25) is 0 Å². The van der Waals surface area contributed by atoms with Crippen molar-refractivity contribution in [2.45, 2.75) is 5.54 Å². The molecule has 8 nitrogen and oxygen atoms in total. The minimum absolute atomic E-state index is 0.00831. The van der Waals surface area contributed by atoms with Crippen LogP contribution in [-0.2, 0) is 24.7 Å². The van der Waals surface area contributed by atoms with Crippen LogP contribution in [0.15, 0.2) is 54.1 Å². The Balaban J connectivity index is 2.02. The summed E-state index contributed by atoms with van der Waals surface area (Å²) >= 11 is 0. The van der Waals surface area contributed by atoms with Gasteiger partial charge < -0.3 is 24.4 Å². The Morgan fingerprint density at radius 3 is 2.35 bits per heavy atom. The van der Waals surface area contributed by atoms with Crippen LogP contribution in [-0.4, -0.2) is 62.0 Å². The molecule has 31 heavy (non-hydrogen) atoms. The molecule has 160 valence electrons. The van der Waals surface area contributed by atoms with E-state index in [4.69, 9.17) is 9.47 Å². The number of fused-ring (bicyclic) bond motifs is 2. The third-order valence-corrected chi connectivity index (χ3v) is 5.82. The molecular formula is C23H22N2O6. The fourth-order valence-electron chi connectivity index (χ4n) is 4.35. The van der Waals surface area contributed by atoms with Crippen molar-refractivity contribution in [3.8, 4) is 5.75 Å². The van der Waals surface area contributed by atoms with Gasteiger partial charge in [-0.2, -0.15) is 0 Å². The number of anilines is 1. The molecule has 2 heterocycles. The van der Waals surface area contributed by atoms with Crippen molar-refractivity contribution in [2.75, 3.05) is 39.3 Å². The summed E-state index contributed by atoms with van der Waals surface area (Å²) in [6.07, 6.45) is 0. The van der Waals surface area contributed by atoms with Gasteiger partial charge in [0.1, 0.15) is 11.5 Å². The molecule has 2 aliphatic heterocycles. The van der Waals surface area contributed by atoms with Crippen LogP contribution in [0.2, 0.25) is 0 Å². The summed E-state index contributed by atoms with van der Waals surface area (Å²) in [6.45, 7) is 0.130. The number of ether oxygens (including phenoxy) is 2. The molecule has 0 unspecified atom stereocenters. The van der Waals surface area contributed by atoms with Crippen LogP contribution in [0.3, 0.4) is 0 Å². The summed E-state index contributed by atoms with van der Waals surface area (Å²) in [7, 11) is 4.57. The first-order chi connectivity index (χ1) is 14.9. The van der Waals surface area contributed by atoms with E-state index in [9.17, 15) is 19.5 Å². The maximum Gasteiger partial charge on any atom is 0.296 e. The van der Waals surface area contributed by atoms with Crippen LogP contribution in [0.5, 0.6) is 5.75 Å². The van der Waals surface area contributed by atoms with Gasteiger partial charge in [-0.25, -0.2) is 0 Å². The summed E-state index contributed by atoms with van der Waals surface area (Å²) < 4.78 is 10.3. The fourth-order valence-corrected chi connectivity index (χ4v) is 4.35. The van der Waals surface area contributed by atoms with Crippen molar-refractivity contribution in [2.24, 2.45) is 0 Å². The van der Waals surface area contributed by atoms with Crippen molar-refractivity contribution in [1.82, 2.24) is 4.90 Å². The number of rotatable bonds is 5. The molecule has 1 fully saturated rings. The van der Waals surface area contributed by atoms with Gasteiger partial charge >= 0.3 is 0 Å². The Labute approximate surface area is 179 Å². The monoisotopic (exact) mass is 422 g/mol. The largest absolute Gasteiger partial charge is 0.507 e. The number of carbonyl (C=O) groups is 3. The fraction of sp³-hybridized carbons (Fsp3) is 0.261. The average molecular weight is 422 g/mol. The van der Waals surface area contributed by atoms with Gasteiger partial charge in [0, 0.05) is 37.5 Å². The van der Waals surface area contributed by atoms with Gasteiger partial charge in [-0.05, 0) is 30.3 Å². The third kappa shape index (κ3) is 2.75. The number of aliphatic hydroxyl groups excluding tert-OH is 1. The summed E-state index contributed by atoms with van der Waals surface area (Å²) in [5, 5.41) is 11.2. The summed E-state index contributed by atoms with van der Waals surface area (Å²) in [5.41, 5.74) is -0.683. The molecule has 1 atom stereocenters. The predicted octanol–water partition coefficient (Wildman–Crippen LogP) is 1.89. The minimum atomic E-state index is -1.76. The van der Waals surface area contributed by atoms with E-state index >= 15 is 0 Å². The van der Waals surface area contributed by atoms with E-state index in [2.05, 4.69) is 0 Å². The van der Waals surface area contributed by atoms with Crippen molar-refractivity contribution >= 4 is 29.0 Å². The number of methoxy groups -OCH3 is 2. The Morgan fingerprint density at radius 1 is 1.03 bits per heavy atom. The van der Waals surface area contributed by atoms with Crippen LogP contribution in [0.4, 0.5) is 5.69 Å². The Morgan fingerprint density at radius 2 is 1.71 bits per heavy atom. The lowest BCUT2D eigenvalue weighted by atomic mass is 9.82. The minimum Gasteiger partial charge on any atom is -0.507 e. The first kappa shape index (κ1) is 20.6. The number of aliphatic hydroxyl groups is 1. The molecule has 8 heteroatoms. The van der Waals surface area contributed by atoms with Crippen molar-refractivity contribution in [3.63, 3.8) is 0 Å². The molecule has 0 aliphatic carbocycles. The van der Waals surface area contributed by atoms with Crippen LogP contribution < -0.4 is 9.64 Å². The standard InChI is InChI=1S/C23H22N2O6/c1-24-17-7-5-4-6-16(17)23(22(24)29)18(20(27)21(28)25(23)12-13-30-2)19(26)14-8-10-15(31-3)11-9-14/h4-11,26H,12-13H2,1-3H3/t23-/m0/s1. The van der Waals surface area contributed by atoms with Gasteiger partial charge in [0.25, 0.3) is 17.6 Å². The zero-order chi connectivity index (χ0) is 22.3. The zero-order valence-electron chi connectivity index (χ0n) is 17.4. The van der Waals surface area contributed by atoms with Crippen LogP contribution in [0, 0.1) is 0 Å². The lowest BCUT2D eigenvalue weighted by Crippen LogP contribution is -2.52. The second kappa shape index (κ2) is 7.55. The summed E-state index contributed by atoms with van der Waals surface area (Å²) in [5.74, 6) is -2.11. The molecule has 0 aromatic heterocycles. The molecule has 2 aromatic carbocycles. The molecule has 0 bridgehead atoms. The number of hydrogen-bond donors (Lipinski definition) is 1. The lowest BCUT2D eigenvalue weighted by molar-refractivity contribution is -0.144. The van der Waals surface area contributed by atoms with Crippen molar-refractivity contribution in [1.29, 1.82) is 0 Å². The lowest BCUT2D eigenvalue weighted by Gasteiger charge is -2.34. The van der Waals surface area contributed by atoms with E-state index in [0.717, 1.165) is 0 Å². The molecule has 1 N–H and O–H groups in total. The highest BCUT2D eigenvalue weighted by Crippen LogP contribution is 2.53. The highest BCUT2D eigenvalue weighted by atomic mass is 16.5. The Bertz CT molecular complexity index is 1110. The highest BCUT2D eigenvalue weighted by molar-refractivity contribution is 6.50. The molecule has 1 spiro atoms. The second-order valence-corrected chi connectivity index (χ2v) is 7.32. The highest BCUT2D eigenvalue weighted by Gasteiger charge is 2.66. The molecule has 0 saturated carbocycles. The van der Waals surface area contributed by atoms with Crippen molar-refractivity contribution < 1.29 is 29.0 Å². The SMILES string of the molecule is COCCN1C(=O)C(=O)C(=C(O)c2ccc(OC)cc2)[C@@]12C(=O)N(C)c1ccccc12. The van der Waals surface area contributed by atoms with Crippen LogP contribution in [0.25, 0.3) is 5.76 Å². The van der Waals surface area contributed by atoms with Gasteiger partial charge in [-0.3, -0.25) is 14.4 Å². The first-order valence-corrected chi connectivity index (χ1v) is 9.70. The zero-order valence-corrected chi connectivity index (χ0v) is 17.4. The van der Waals surface area contributed by atoms with E-state index in [0.29, 0.717) is 22.6 Å². The first-order valence-electron chi connectivity index (χ1n) is 9.70. The number of benzene rings is 2. The molecular weight excluding hydrogens is 400 g/mol. The number of nitrogens with zero attached hydrogens (tertiary/aromatic N) is 2. The van der Waals surface area contributed by atoms with E-state index < -0.39 is 28.9 Å². The van der Waals surface area contributed by atoms with Gasteiger partial charge in [-0.1, -0.05) is 18.2 Å². The number of Topliss-reactive ketones (excluding diaryl/α,β-unsaturated/α-hetero) is 1. The summed E-state index contributed by atoms with van der Waals surface area (Å²) in [6, 6.07) is 13.3. The number of ketones is 1. The van der Waals surface area contributed by atoms with Crippen molar-refractivity contribution in [3.05, 3.63) is 65.2 Å². The molecule has 2 aromatic rings. The van der Waals surface area contributed by atoms with Gasteiger partial charge in [-0.15, -0.1) is 0 Å². The maximum atomic E-state index is 13.7. The van der Waals surface area contributed by atoms with Gasteiger partial charge in [0.05, 0.1) is 19.3 Å². The molecule has 1 saturated heterocycles. The number of amides is 2. The third-order valence-electron chi connectivity index (χ3n) is 5.82. The topological polar surface area (TPSA) is 96.4 Å². The average Bonchev–Trinajstić information content (AvgIpc) is 3.15. The number of likely N-dealkylation sites (N-methyl/N-ethyl adjacent to an activating group) is 1. The molecule has 2 amide bonds. The number of para-hydroxylation sites is 1. The maximum absolute atomic E-state index is 13.7. The number of likely N-dealkylation sites (tertiary alicyclic amines) is 1. The molecule has 4 rings (SSSR count). The van der Waals surface area contributed by atoms with Crippen LogP contribution >= 0.6 is 0 Å². The van der Waals surface area contributed by atoms with Crippen LogP contribution in [0.1, 0.15) is 11.1 Å². The van der Waals surface area contributed by atoms with E-state index in [1.165, 1.54) is 24.0 Å². The second-order valence-electron chi connectivity index (χ2n) is 7.32.